The van der Waals surface area contributed by atoms with Crippen LogP contribution in [0.2, 0.25) is 0 Å². The number of carbonyl (C=O) groups excluding carboxylic acids is 2. The van der Waals surface area contributed by atoms with Crippen molar-refractivity contribution in [1.82, 2.24) is 0 Å². The molecule has 2 atom stereocenters. The van der Waals surface area contributed by atoms with Crippen molar-refractivity contribution in [3.8, 4) is 0 Å². The molecule has 0 heterocycles. The van der Waals surface area contributed by atoms with Crippen LogP contribution < -0.4 is 0 Å². The highest BCUT2D eigenvalue weighted by Gasteiger charge is 2.45. The molecule has 0 aliphatic heterocycles. The minimum atomic E-state index is -0.679. The second-order valence-electron chi connectivity index (χ2n) is 7.88. The van der Waals surface area contributed by atoms with Gasteiger partial charge in [0, 0.05) is 0 Å². The van der Waals surface area contributed by atoms with Crippen molar-refractivity contribution in [2.24, 2.45) is 16.2 Å². The molecular weight excluding hydrogens is 292 g/mol. The first kappa shape index (κ1) is 21.9. The van der Waals surface area contributed by atoms with Crippen molar-refractivity contribution < 1.29 is 19.1 Å². The van der Waals surface area contributed by atoms with Crippen LogP contribution >= 0.6 is 0 Å². The summed E-state index contributed by atoms with van der Waals surface area (Å²) in [5.41, 5.74) is -1.18. The van der Waals surface area contributed by atoms with Gasteiger partial charge in [0.15, 0.2) is 0 Å². The maximum atomic E-state index is 12.6. The molecule has 0 rings (SSSR count). The average Bonchev–Trinajstić information content (AvgIpc) is 2.52. The van der Waals surface area contributed by atoms with Gasteiger partial charge in [-0.05, 0) is 51.9 Å². The summed E-state index contributed by atoms with van der Waals surface area (Å²) in [4.78, 5) is 24.8. The Morgan fingerprint density at radius 2 is 1.39 bits per heavy atom. The molecule has 0 saturated carbocycles. The van der Waals surface area contributed by atoms with Gasteiger partial charge in [-0.15, -0.1) is 0 Å². The molecule has 136 valence electrons. The first-order valence-corrected chi connectivity index (χ1v) is 8.76. The predicted molar refractivity (Wildman–Crippen MR) is 93.1 cm³/mol. The summed E-state index contributed by atoms with van der Waals surface area (Å²) in [5.74, 6) is -0.472. The van der Waals surface area contributed by atoms with Gasteiger partial charge in [0.1, 0.15) is 0 Å². The van der Waals surface area contributed by atoms with E-state index in [-0.39, 0.29) is 17.4 Å². The minimum Gasteiger partial charge on any atom is -0.469 e. The van der Waals surface area contributed by atoms with E-state index in [0.29, 0.717) is 25.9 Å². The molecule has 4 heteroatoms. The lowest BCUT2D eigenvalue weighted by Gasteiger charge is -2.37. The molecule has 0 aromatic rings. The van der Waals surface area contributed by atoms with Crippen molar-refractivity contribution in [3.63, 3.8) is 0 Å². The molecule has 0 fully saturated rings. The van der Waals surface area contributed by atoms with Gasteiger partial charge < -0.3 is 9.47 Å². The van der Waals surface area contributed by atoms with Crippen LogP contribution in [0.1, 0.15) is 80.6 Å². The van der Waals surface area contributed by atoms with E-state index in [0.717, 1.165) is 12.8 Å². The standard InChI is InChI=1S/C19H36O4/c1-9-17(4,5)12-13-19(7,16(21)23-11-3)14-18(6,10-2)15(20)22-8/h9-14H2,1-8H3. The maximum Gasteiger partial charge on any atom is 0.311 e. The van der Waals surface area contributed by atoms with E-state index in [1.165, 1.54) is 7.11 Å². The van der Waals surface area contributed by atoms with E-state index in [1.54, 1.807) is 0 Å². The molecule has 0 radical (unpaired) electrons. The van der Waals surface area contributed by atoms with Gasteiger partial charge in [-0.2, -0.15) is 0 Å². The van der Waals surface area contributed by atoms with Gasteiger partial charge in [-0.1, -0.05) is 34.1 Å². The highest BCUT2D eigenvalue weighted by atomic mass is 16.5. The Hall–Kier alpha value is -1.06. The third-order valence-electron chi connectivity index (χ3n) is 5.32. The molecule has 0 saturated heterocycles. The van der Waals surface area contributed by atoms with E-state index in [1.807, 2.05) is 27.7 Å². The molecule has 0 N–H and O–H groups in total. The fourth-order valence-electron chi connectivity index (χ4n) is 2.81. The SMILES string of the molecule is CCOC(=O)C(C)(CCC(C)(C)CC)CC(C)(CC)C(=O)OC. The van der Waals surface area contributed by atoms with Gasteiger partial charge in [0.2, 0.25) is 0 Å². The van der Waals surface area contributed by atoms with Gasteiger partial charge in [0.05, 0.1) is 24.5 Å². The Balaban J connectivity index is 5.43. The van der Waals surface area contributed by atoms with Gasteiger partial charge in [0.25, 0.3) is 0 Å². The molecule has 0 aliphatic carbocycles. The molecule has 0 aromatic heterocycles. The Morgan fingerprint density at radius 3 is 1.78 bits per heavy atom. The van der Waals surface area contributed by atoms with Gasteiger partial charge in [-0.25, -0.2) is 0 Å². The van der Waals surface area contributed by atoms with E-state index in [4.69, 9.17) is 9.47 Å². The number of esters is 2. The molecule has 4 nitrogen and oxygen atoms in total. The maximum absolute atomic E-state index is 12.6. The number of rotatable bonds is 10. The van der Waals surface area contributed by atoms with E-state index >= 15 is 0 Å². The van der Waals surface area contributed by atoms with Crippen LogP contribution in [0.25, 0.3) is 0 Å². The highest BCUT2D eigenvalue weighted by Crippen LogP contribution is 2.43. The number of hydrogen-bond donors (Lipinski definition) is 0. The summed E-state index contributed by atoms with van der Waals surface area (Å²) in [7, 11) is 1.40. The van der Waals surface area contributed by atoms with Gasteiger partial charge in [-0.3, -0.25) is 9.59 Å². The van der Waals surface area contributed by atoms with Gasteiger partial charge >= 0.3 is 11.9 Å². The van der Waals surface area contributed by atoms with Crippen LogP contribution in [-0.4, -0.2) is 25.7 Å². The zero-order valence-corrected chi connectivity index (χ0v) is 16.4. The average molecular weight is 328 g/mol. The van der Waals surface area contributed by atoms with Crippen molar-refractivity contribution >= 4 is 11.9 Å². The normalized spacial score (nSPS) is 17.0. The highest BCUT2D eigenvalue weighted by molar-refractivity contribution is 5.80. The monoisotopic (exact) mass is 328 g/mol. The third-order valence-corrected chi connectivity index (χ3v) is 5.32. The van der Waals surface area contributed by atoms with E-state index in [2.05, 4.69) is 20.8 Å². The summed E-state index contributed by atoms with van der Waals surface area (Å²) in [6.45, 7) is 14.5. The van der Waals surface area contributed by atoms with E-state index in [9.17, 15) is 9.59 Å². The Labute approximate surface area is 142 Å². The molecule has 0 bridgehead atoms. The quantitative estimate of drug-likeness (QED) is 0.543. The topological polar surface area (TPSA) is 52.6 Å². The zero-order chi connectivity index (χ0) is 18.3. The summed E-state index contributed by atoms with van der Waals surface area (Å²) in [6.07, 6.45) is 3.75. The lowest BCUT2D eigenvalue weighted by Crippen LogP contribution is -2.40. The van der Waals surface area contributed by atoms with Crippen molar-refractivity contribution in [2.75, 3.05) is 13.7 Å². The third kappa shape index (κ3) is 6.15. The van der Waals surface area contributed by atoms with Crippen molar-refractivity contribution in [2.45, 2.75) is 80.6 Å². The summed E-state index contributed by atoms with van der Waals surface area (Å²) < 4.78 is 10.3. The minimum absolute atomic E-state index is 0.168. The smallest absolute Gasteiger partial charge is 0.311 e. The van der Waals surface area contributed by atoms with Crippen molar-refractivity contribution in [3.05, 3.63) is 0 Å². The first-order valence-electron chi connectivity index (χ1n) is 8.76. The van der Waals surface area contributed by atoms with E-state index < -0.39 is 10.8 Å². The summed E-state index contributed by atoms with van der Waals surface area (Å²) >= 11 is 0. The second kappa shape index (κ2) is 8.70. The van der Waals surface area contributed by atoms with Crippen LogP contribution in [0.15, 0.2) is 0 Å². The Bertz CT molecular complexity index is 402. The van der Waals surface area contributed by atoms with Crippen LogP contribution in [0.4, 0.5) is 0 Å². The van der Waals surface area contributed by atoms with Crippen LogP contribution in [0, 0.1) is 16.2 Å². The molecule has 2 unspecified atom stereocenters. The Morgan fingerprint density at radius 1 is 0.826 bits per heavy atom. The number of carbonyl (C=O) groups is 2. The fourth-order valence-corrected chi connectivity index (χ4v) is 2.81. The zero-order valence-electron chi connectivity index (χ0n) is 16.4. The fraction of sp³-hybridized carbons (Fsp3) is 0.895. The second-order valence-corrected chi connectivity index (χ2v) is 7.88. The molecule has 0 amide bonds. The lowest BCUT2D eigenvalue weighted by atomic mass is 9.67. The first-order chi connectivity index (χ1) is 10.5. The predicted octanol–water partition coefficient (Wildman–Crippen LogP) is 4.75. The molecular formula is C19H36O4. The summed E-state index contributed by atoms with van der Waals surface area (Å²) in [6, 6.07) is 0. The van der Waals surface area contributed by atoms with Crippen LogP contribution in [0.3, 0.4) is 0 Å². The molecule has 0 aliphatic rings. The number of methoxy groups -OCH3 is 1. The molecule has 0 aromatic carbocycles. The van der Waals surface area contributed by atoms with Crippen LogP contribution in [-0.2, 0) is 19.1 Å². The van der Waals surface area contributed by atoms with Crippen LogP contribution in [0.5, 0.6) is 0 Å². The number of hydrogen-bond acceptors (Lipinski definition) is 4. The molecule has 0 spiro atoms. The van der Waals surface area contributed by atoms with Crippen molar-refractivity contribution in [1.29, 1.82) is 0 Å². The largest absolute Gasteiger partial charge is 0.469 e. The molecule has 23 heavy (non-hydrogen) atoms. The number of ether oxygens (including phenoxy) is 2. The summed E-state index contributed by atoms with van der Waals surface area (Å²) in [5, 5.41) is 0. The lowest BCUT2D eigenvalue weighted by molar-refractivity contribution is -0.163. The Kier molecular flexibility index (Phi) is 8.30.